The van der Waals surface area contributed by atoms with Crippen molar-refractivity contribution in [2.45, 2.75) is 0 Å². The zero-order valence-electron chi connectivity index (χ0n) is 6.27. The van der Waals surface area contributed by atoms with Gasteiger partial charge in [0, 0.05) is 0 Å². The molecule has 62 valence electrons. The van der Waals surface area contributed by atoms with Crippen molar-refractivity contribution in [3.05, 3.63) is 30.3 Å². The van der Waals surface area contributed by atoms with E-state index in [0.717, 1.165) is 0 Å². The third-order valence-electron chi connectivity index (χ3n) is 1.07. The first-order chi connectivity index (χ1) is 4.61. The molecule has 12 heavy (non-hydrogen) atoms. The molecule has 0 aliphatic rings. The molecule has 0 aliphatic heterocycles. The zero-order chi connectivity index (χ0) is 7.61. The average Bonchev–Trinajstić information content (AvgIpc) is 1.88. The van der Waals surface area contributed by atoms with Crippen molar-refractivity contribution in [1.82, 2.24) is 0 Å². The summed E-state index contributed by atoms with van der Waals surface area (Å²) in [4.78, 5) is 20.6. The van der Waals surface area contributed by atoms with Gasteiger partial charge in [0.2, 0.25) is 0 Å². The molecule has 0 radical (unpaired) electrons. The molecule has 0 saturated carbocycles. The van der Waals surface area contributed by atoms with E-state index in [0.29, 0.717) is 0 Å². The molecule has 0 atom stereocenters. The predicted molar refractivity (Wildman–Crippen MR) is 37.3 cm³/mol. The van der Waals surface area contributed by atoms with E-state index in [1.54, 1.807) is 6.07 Å². The summed E-state index contributed by atoms with van der Waals surface area (Å²) < 4.78 is 10.3. The molecular weight excluding hydrogens is 232 g/mol. The van der Waals surface area contributed by atoms with Crippen LogP contribution in [-0.4, -0.2) is 5.48 Å². The molecule has 0 aliphatic carbocycles. The number of hydrogen-bond acceptors (Lipinski definition) is 3. The van der Waals surface area contributed by atoms with Gasteiger partial charge in [0.25, 0.3) is 0 Å². The van der Waals surface area contributed by atoms with Crippen LogP contribution in [-0.2, 0) is 24.0 Å². The minimum absolute atomic E-state index is 0. The second-order valence-electron chi connectivity index (χ2n) is 1.83. The quantitative estimate of drug-likeness (QED) is 0.436. The molecule has 0 fully saturated rings. The van der Waals surface area contributed by atoms with Crippen LogP contribution in [0.3, 0.4) is 0 Å². The molecule has 6 heteroatoms. The summed E-state index contributed by atoms with van der Waals surface area (Å²) in [5.74, 6) is 0. The zero-order valence-corrected chi connectivity index (χ0v) is 10.1. The number of rotatable bonds is 1. The summed E-state index contributed by atoms with van der Waals surface area (Å²) in [5.41, 5.74) is 0. The van der Waals surface area contributed by atoms with Gasteiger partial charge < -0.3 is 19.8 Å². The maximum atomic E-state index is 10.3. The third kappa shape index (κ3) is 4.10. The first kappa shape index (κ1) is 14.5. The monoisotopic (exact) mass is 238 g/mol. The normalized spacial score (nSPS) is 9.50. The second kappa shape index (κ2) is 5.57. The Morgan fingerprint density at radius 2 is 1.50 bits per heavy atom. The van der Waals surface area contributed by atoms with Gasteiger partial charge in [0.15, 0.2) is 0 Å². The van der Waals surface area contributed by atoms with Gasteiger partial charge in [-0.3, -0.25) is 0 Å². The van der Waals surface area contributed by atoms with Crippen LogP contribution >= 0.6 is 7.60 Å². The van der Waals surface area contributed by atoms with Gasteiger partial charge in [0.1, 0.15) is 0 Å². The molecule has 1 aromatic carbocycles. The minimum atomic E-state index is -4.52. The predicted octanol–water partition coefficient (Wildman–Crippen LogP) is -1.60. The van der Waals surface area contributed by atoms with Crippen LogP contribution < -0.4 is 15.1 Å². The van der Waals surface area contributed by atoms with Crippen molar-refractivity contribution < 1.29 is 39.3 Å². The second-order valence-corrected chi connectivity index (χ2v) is 3.34. The largest absolute Gasteiger partial charge is 2.00 e. The maximum absolute atomic E-state index is 10.3. The summed E-state index contributed by atoms with van der Waals surface area (Å²) in [6.45, 7) is 0. The fraction of sp³-hybridized carbons (Fsp3) is 0. The molecule has 0 spiro atoms. The standard InChI is InChI=1S/C6H7O3P.H2O.Zn/c7-10(8,9)6-4-2-1-3-5-6;;/h1-5H,(H2,7,8,9);1H2;/q;;+2/p-2. The van der Waals surface area contributed by atoms with Crippen LogP contribution in [0.15, 0.2) is 30.3 Å². The summed E-state index contributed by atoms with van der Waals surface area (Å²) in [7, 11) is -4.52. The van der Waals surface area contributed by atoms with Gasteiger partial charge in [0.05, 0.1) is 0 Å². The minimum Gasteiger partial charge on any atom is -0.807 e. The van der Waals surface area contributed by atoms with Crippen molar-refractivity contribution in [3.63, 3.8) is 0 Å². The van der Waals surface area contributed by atoms with Crippen molar-refractivity contribution in [2.24, 2.45) is 0 Å². The van der Waals surface area contributed by atoms with E-state index < -0.39 is 7.60 Å². The SMILES string of the molecule is O.O=P([O-])([O-])c1ccccc1.[Zn+2]. The van der Waals surface area contributed by atoms with E-state index in [1.807, 2.05) is 0 Å². The van der Waals surface area contributed by atoms with Crippen LogP contribution in [0.5, 0.6) is 0 Å². The van der Waals surface area contributed by atoms with Crippen LogP contribution in [0.25, 0.3) is 0 Å². The summed E-state index contributed by atoms with van der Waals surface area (Å²) >= 11 is 0. The molecule has 2 N–H and O–H groups in total. The Kier molecular flexibility index (Phi) is 6.72. The third-order valence-corrected chi connectivity index (χ3v) is 2.00. The number of hydrogen-bond donors (Lipinski definition) is 0. The molecule has 0 bridgehead atoms. The first-order valence-electron chi connectivity index (χ1n) is 2.68. The Labute approximate surface area is 82.8 Å². The Morgan fingerprint density at radius 1 is 1.08 bits per heavy atom. The Hall–Kier alpha value is -0.0466. The summed E-state index contributed by atoms with van der Waals surface area (Å²) in [6, 6.07) is 7.23. The molecule has 0 amide bonds. The fourth-order valence-corrected chi connectivity index (χ4v) is 1.15. The number of benzene rings is 1. The Bertz CT molecular complexity index is 258. The van der Waals surface area contributed by atoms with Gasteiger partial charge in [-0.2, -0.15) is 0 Å². The molecule has 0 aromatic heterocycles. The van der Waals surface area contributed by atoms with E-state index in [4.69, 9.17) is 0 Å². The van der Waals surface area contributed by atoms with Gasteiger partial charge >= 0.3 is 19.5 Å². The maximum Gasteiger partial charge on any atom is 2.00 e. The molecule has 0 saturated heterocycles. The van der Waals surface area contributed by atoms with E-state index in [9.17, 15) is 14.4 Å². The Morgan fingerprint density at radius 3 is 1.75 bits per heavy atom. The fourth-order valence-electron chi connectivity index (χ4n) is 0.611. The van der Waals surface area contributed by atoms with Crippen molar-refractivity contribution in [1.29, 1.82) is 0 Å². The average molecular weight is 239 g/mol. The van der Waals surface area contributed by atoms with E-state index >= 15 is 0 Å². The first-order valence-corrected chi connectivity index (χ1v) is 4.22. The van der Waals surface area contributed by atoms with Gasteiger partial charge in [-0.25, -0.2) is 0 Å². The molecule has 0 unspecified atom stereocenters. The Balaban J connectivity index is 0. The smallest absolute Gasteiger partial charge is 0.807 e. The van der Waals surface area contributed by atoms with Gasteiger partial charge in [-0.1, -0.05) is 30.3 Å². The van der Waals surface area contributed by atoms with Crippen LogP contribution in [0.2, 0.25) is 0 Å². The van der Waals surface area contributed by atoms with Gasteiger partial charge in [-0.05, 0) is 12.9 Å². The van der Waals surface area contributed by atoms with Crippen molar-refractivity contribution >= 4 is 12.9 Å². The molecule has 1 aromatic rings. The van der Waals surface area contributed by atoms with Crippen LogP contribution in [0.1, 0.15) is 0 Å². The van der Waals surface area contributed by atoms with Crippen molar-refractivity contribution in [3.8, 4) is 0 Å². The van der Waals surface area contributed by atoms with E-state index in [1.165, 1.54) is 24.3 Å². The van der Waals surface area contributed by atoms with Crippen molar-refractivity contribution in [2.75, 3.05) is 0 Å². The van der Waals surface area contributed by atoms with Crippen LogP contribution in [0.4, 0.5) is 0 Å². The van der Waals surface area contributed by atoms with Gasteiger partial charge in [-0.15, -0.1) is 0 Å². The molecular formula is C6H7O4PZn. The molecule has 1 rings (SSSR count). The molecule has 0 heterocycles. The summed E-state index contributed by atoms with van der Waals surface area (Å²) in [6.07, 6.45) is 0. The summed E-state index contributed by atoms with van der Waals surface area (Å²) in [5, 5.41) is -0.157. The molecule has 4 nitrogen and oxygen atoms in total. The van der Waals surface area contributed by atoms with E-state index in [2.05, 4.69) is 0 Å². The van der Waals surface area contributed by atoms with Crippen LogP contribution in [0, 0.1) is 0 Å². The van der Waals surface area contributed by atoms with E-state index in [-0.39, 0.29) is 30.3 Å². The topological polar surface area (TPSA) is 94.7 Å².